The maximum absolute atomic E-state index is 11.2. The van der Waals surface area contributed by atoms with Crippen molar-refractivity contribution in [3.63, 3.8) is 0 Å². The van der Waals surface area contributed by atoms with Crippen LogP contribution >= 0.6 is 11.8 Å². The predicted molar refractivity (Wildman–Crippen MR) is 60.9 cm³/mol. The zero-order valence-electron chi connectivity index (χ0n) is 9.41. The Hall–Kier alpha value is -1.63. The fourth-order valence-corrected chi connectivity index (χ4v) is 1.77. The second kappa shape index (κ2) is 6.19. The van der Waals surface area contributed by atoms with Crippen molar-refractivity contribution < 1.29 is 19.4 Å². The third-order valence-electron chi connectivity index (χ3n) is 1.90. The first-order valence-electron chi connectivity index (χ1n) is 4.81. The van der Waals surface area contributed by atoms with Crippen molar-refractivity contribution in [2.24, 2.45) is 5.92 Å². The lowest BCUT2D eigenvalue weighted by molar-refractivity contribution is -0.140. The number of carboxylic acid groups (broad SMARTS) is 1. The van der Waals surface area contributed by atoms with Crippen LogP contribution in [-0.4, -0.2) is 39.9 Å². The molecule has 1 heterocycles. The van der Waals surface area contributed by atoms with Gasteiger partial charge in [-0.05, 0) is 6.07 Å². The van der Waals surface area contributed by atoms with E-state index in [-0.39, 0.29) is 5.82 Å². The molecule has 0 saturated carbocycles. The standard InChI is InChI=1S/C10H12N2O4S/c1-6(9(13)14)5-17-7-3-4-11-8(12-7)10(15)16-2/h3-4,6H,5H2,1-2H3,(H,13,14). The number of rotatable bonds is 5. The van der Waals surface area contributed by atoms with Gasteiger partial charge in [0.05, 0.1) is 13.0 Å². The number of ether oxygens (including phenoxy) is 1. The molecule has 1 unspecified atom stereocenters. The quantitative estimate of drug-likeness (QED) is 0.479. The highest BCUT2D eigenvalue weighted by molar-refractivity contribution is 7.99. The second-order valence-electron chi connectivity index (χ2n) is 3.26. The Kier molecular flexibility index (Phi) is 4.89. The predicted octanol–water partition coefficient (Wildman–Crippen LogP) is 1.08. The molecule has 1 aromatic heterocycles. The van der Waals surface area contributed by atoms with E-state index < -0.39 is 17.9 Å². The van der Waals surface area contributed by atoms with Crippen LogP contribution < -0.4 is 0 Å². The van der Waals surface area contributed by atoms with Gasteiger partial charge in [-0.2, -0.15) is 0 Å². The van der Waals surface area contributed by atoms with Crippen molar-refractivity contribution in [2.45, 2.75) is 11.9 Å². The van der Waals surface area contributed by atoms with Gasteiger partial charge in [0.15, 0.2) is 0 Å². The zero-order chi connectivity index (χ0) is 12.8. The van der Waals surface area contributed by atoms with Gasteiger partial charge in [-0.1, -0.05) is 6.92 Å². The van der Waals surface area contributed by atoms with E-state index in [0.717, 1.165) is 0 Å². The lowest BCUT2D eigenvalue weighted by atomic mass is 10.2. The van der Waals surface area contributed by atoms with Gasteiger partial charge in [-0.25, -0.2) is 14.8 Å². The molecule has 1 aromatic rings. The van der Waals surface area contributed by atoms with Gasteiger partial charge < -0.3 is 9.84 Å². The van der Waals surface area contributed by atoms with Crippen molar-refractivity contribution in [2.75, 3.05) is 12.9 Å². The fraction of sp³-hybridized carbons (Fsp3) is 0.400. The van der Waals surface area contributed by atoms with Crippen LogP contribution in [0.5, 0.6) is 0 Å². The minimum absolute atomic E-state index is 0.0273. The molecule has 92 valence electrons. The SMILES string of the molecule is COC(=O)c1nccc(SCC(C)C(=O)O)n1. The molecule has 0 saturated heterocycles. The highest BCUT2D eigenvalue weighted by Gasteiger charge is 2.13. The van der Waals surface area contributed by atoms with E-state index >= 15 is 0 Å². The van der Waals surface area contributed by atoms with Crippen LogP contribution in [-0.2, 0) is 9.53 Å². The normalized spacial score (nSPS) is 11.9. The zero-order valence-corrected chi connectivity index (χ0v) is 10.2. The summed E-state index contributed by atoms with van der Waals surface area (Å²) in [4.78, 5) is 29.5. The van der Waals surface area contributed by atoms with Crippen LogP contribution in [0.3, 0.4) is 0 Å². The van der Waals surface area contributed by atoms with E-state index in [1.54, 1.807) is 13.0 Å². The summed E-state index contributed by atoms with van der Waals surface area (Å²) in [6.07, 6.45) is 1.44. The van der Waals surface area contributed by atoms with E-state index in [1.165, 1.54) is 25.1 Å². The van der Waals surface area contributed by atoms with Gasteiger partial charge in [0.25, 0.3) is 0 Å². The molecule has 7 heteroatoms. The molecule has 0 aliphatic carbocycles. The van der Waals surface area contributed by atoms with Crippen LogP contribution in [0.1, 0.15) is 17.5 Å². The molecule has 0 spiro atoms. The van der Waals surface area contributed by atoms with E-state index in [0.29, 0.717) is 10.8 Å². The van der Waals surface area contributed by atoms with Crippen molar-refractivity contribution in [3.05, 3.63) is 18.1 Å². The molecule has 0 fully saturated rings. The van der Waals surface area contributed by atoms with Gasteiger partial charge in [-0.15, -0.1) is 11.8 Å². The van der Waals surface area contributed by atoms with Gasteiger partial charge in [0.1, 0.15) is 5.03 Å². The first kappa shape index (κ1) is 13.4. The average Bonchev–Trinajstić information content (AvgIpc) is 2.35. The van der Waals surface area contributed by atoms with Gasteiger partial charge in [0.2, 0.25) is 5.82 Å². The number of carboxylic acids is 1. The Balaban J connectivity index is 2.66. The van der Waals surface area contributed by atoms with E-state index in [2.05, 4.69) is 14.7 Å². The average molecular weight is 256 g/mol. The smallest absolute Gasteiger partial charge is 0.376 e. The molecule has 6 nitrogen and oxygen atoms in total. The highest BCUT2D eigenvalue weighted by atomic mass is 32.2. The molecular weight excluding hydrogens is 244 g/mol. The molecule has 0 aliphatic rings. The lowest BCUT2D eigenvalue weighted by Crippen LogP contribution is -2.12. The molecule has 0 aromatic carbocycles. The molecule has 1 rings (SSSR count). The number of thioether (sulfide) groups is 1. The molecule has 17 heavy (non-hydrogen) atoms. The Morgan fingerprint density at radius 3 is 2.88 bits per heavy atom. The number of aliphatic carboxylic acids is 1. The van der Waals surface area contributed by atoms with Crippen molar-refractivity contribution >= 4 is 23.7 Å². The summed E-state index contributed by atoms with van der Waals surface area (Å²) < 4.78 is 4.49. The molecule has 0 radical (unpaired) electrons. The Bertz CT molecular complexity index is 425. The Morgan fingerprint density at radius 2 is 2.29 bits per heavy atom. The summed E-state index contributed by atoms with van der Waals surface area (Å²) in [6.45, 7) is 1.61. The number of hydrogen-bond acceptors (Lipinski definition) is 6. The van der Waals surface area contributed by atoms with Gasteiger partial charge >= 0.3 is 11.9 Å². The molecule has 1 atom stereocenters. The highest BCUT2D eigenvalue weighted by Crippen LogP contribution is 2.18. The van der Waals surface area contributed by atoms with Crippen LogP contribution in [0.2, 0.25) is 0 Å². The second-order valence-corrected chi connectivity index (χ2v) is 4.30. The number of nitrogens with zero attached hydrogens (tertiary/aromatic N) is 2. The number of carbonyl (C=O) groups is 2. The first-order valence-corrected chi connectivity index (χ1v) is 5.80. The van der Waals surface area contributed by atoms with E-state index in [9.17, 15) is 9.59 Å². The lowest BCUT2D eigenvalue weighted by Gasteiger charge is -2.05. The first-order chi connectivity index (χ1) is 8.04. The van der Waals surface area contributed by atoms with Gasteiger partial charge in [0, 0.05) is 11.9 Å². The molecule has 1 N–H and O–H groups in total. The summed E-state index contributed by atoms with van der Waals surface area (Å²) in [5.74, 6) is -1.59. The number of hydrogen-bond donors (Lipinski definition) is 1. The van der Waals surface area contributed by atoms with Crippen molar-refractivity contribution in [1.29, 1.82) is 0 Å². The molecule has 0 amide bonds. The third-order valence-corrected chi connectivity index (χ3v) is 3.09. The number of esters is 1. The summed E-state index contributed by atoms with van der Waals surface area (Å²) in [5, 5.41) is 9.27. The van der Waals surface area contributed by atoms with E-state index in [4.69, 9.17) is 5.11 Å². The molecule has 0 bridgehead atoms. The monoisotopic (exact) mass is 256 g/mol. The van der Waals surface area contributed by atoms with Gasteiger partial charge in [-0.3, -0.25) is 4.79 Å². The number of aromatic nitrogens is 2. The fourth-order valence-electron chi connectivity index (χ4n) is 0.894. The number of methoxy groups -OCH3 is 1. The van der Waals surface area contributed by atoms with Crippen LogP contribution in [0.4, 0.5) is 0 Å². The summed E-state index contributed by atoms with van der Waals surface area (Å²) >= 11 is 1.26. The maximum atomic E-state index is 11.2. The van der Waals surface area contributed by atoms with E-state index in [1.807, 2.05) is 0 Å². The van der Waals surface area contributed by atoms with Crippen LogP contribution in [0.15, 0.2) is 17.3 Å². The van der Waals surface area contributed by atoms with Crippen molar-refractivity contribution in [3.8, 4) is 0 Å². The summed E-state index contributed by atoms with van der Waals surface area (Å²) in [6, 6.07) is 1.62. The molecule has 0 aliphatic heterocycles. The largest absolute Gasteiger partial charge is 0.481 e. The topological polar surface area (TPSA) is 89.4 Å². The minimum Gasteiger partial charge on any atom is -0.481 e. The minimum atomic E-state index is -0.861. The number of carbonyl (C=O) groups excluding carboxylic acids is 1. The maximum Gasteiger partial charge on any atom is 0.376 e. The summed E-state index contributed by atoms with van der Waals surface area (Å²) in [5.41, 5.74) is 0. The van der Waals surface area contributed by atoms with Crippen LogP contribution in [0, 0.1) is 5.92 Å². The Morgan fingerprint density at radius 1 is 1.59 bits per heavy atom. The van der Waals surface area contributed by atoms with Crippen LogP contribution in [0.25, 0.3) is 0 Å². The Labute approximate surface area is 102 Å². The summed E-state index contributed by atoms with van der Waals surface area (Å²) in [7, 11) is 1.25. The van der Waals surface area contributed by atoms with Crippen molar-refractivity contribution in [1.82, 2.24) is 9.97 Å². The third kappa shape index (κ3) is 4.03. The molecular formula is C10H12N2O4S.